The van der Waals surface area contributed by atoms with Crippen molar-refractivity contribution in [1.82, 2.24) is 0 Å². The van der Waals surface area contributed by atoms with Crippen LogP contribution in [-0.4, -0.2) is 12.6 Å². The molecule has 0 N–H and O–H groups in total. The lowest BCUT2D eigenvalue weighted by atomic mass is 9.95. The third-order valence-corrected chi connectivity index (χ3v) is 2.93. The van der Waals surface area contributed by atoms with Crippen molar-refractivity contribution >= 4 is 5.97 Å². The first-order valence-corrected chi connectivity index (χ1v) is 6.45. The third kappa shape index (κ3) is 9.75. The zero-order valence-corrected chi connectivity index (χ0v) is 10.8. The van der Waals surface area contributed by atoms with Gasteiger partial charge in [-0.2, -0.15) is 0 Å². The quantitative estimate of drug-likeness (QED) is 0.318. The van der Waals surface area contributed by atoms with Crippen LogP contribution in [0.15, 0.2) is 12.7 Å². The summed E-state index contributed by atoms with van der Waals surface area (Å²) in [7, 11) is 0. The number of unbranched alkanes of at least 4 members (excludes halogenated alkanes) is 3. The first-order valence-electron chi connectivity index (χ1n) is 6.45. The van der Waals surface area contributed by atoms with Crippen LogP contribution in [0.4, 0.5) is 0 Å². The van der Waals surface area contributed by atoms with Crippen LogP contribution in [-0.2, 0) is 9.53 Å². The Morgan fingerprint density at radius 1 is 1.31 bits per heavy atom. The number of esters is 1. The van der Waals surface area contributed by atoms with Crippen LogP contribution in [0.5, 0.6) is 0 Å². The minimum Gasteiger partial charge on any atom is -0.466 e. The Morgan fingerprint density at radius 3 is 2.62 bits per heavy atom. The van der Waals surface area contributed by atoms with Crippen molar-refractivity contribution in [2.24, 2.45) is 5.92 Å². The van der Waals surface area contributed by atoms with Crippen molar-refractivity contribution in [2.45, 2.75) is 58.8 Å². The molecule has 2 heteroatoms. The van der Waals surface area contributed by atoms with Gasteiger partial charge < -0.3 is 4.74 Å². The Labute approximate surface area is 100 Å². The summed E-state index contributed by atoms with van der Waals surface area (Å²) in [5.41, 5.74) is 0. The van der Waals surface area contributed by atoms with Gasteiger partial charge in [-0.05, 0) is 25.2 Å². The molecule has 0 aromatic rings. The van der Waals surface area contributed by atoms with Gasteiger partial charge in [0.1, 0.15) is 0 Å². The monoisotopic (exact) mass is 226 g/mol. The van der Waals surface area contributed by atoms with Gasteiger partial charge in [0.2, 0.25) is 0 Å². The molecule has 1 atom stereocenters. The SMILES string of the molecule is C=CCCCCCC(CC)CCOC(C)=O. The first kappa shape index (κ1) is 15.2. The molecule has 0 fully saturated rings. The van der Waals surface area contributed by atoms with Gasteiger partial charge in [0, 0.05) is 6.92 Å². The van der Waals surface area contributed by atoms with Crippen molar-refractivity contribution in [3.63, 3.8) is 0 Å². The number of hydrogen-bond acceptors (Lipinski definition) is 2. The second-order valence-electron chi connectivity index (χ2n) is 4.33. The molecule has 0 aliphatic rings. The van der Waals surface area contributed by atoms with Crippen molar-refractivity contribution in [3.8, 4) is 0 Å². The standard InChI is InChI=1S/C14H26O2/c1-4-6-7-8-9-10-14(5-2)11-12-16-13(3)15/h4,14H,1,5-12H2,2-3H3. The number of carbonyl (C=O) groups is 1. The average Bonchev–Trinajstić information content (AvgIpc) is 2.26. The highest BCUT2D eigenvalue weighted by Gasteiger charge is 2.06. The molecule has 0 saturated carbocycles. The molecular weight excluding hydrogens is 200 g/mol. The Balaban J connectivity index is 3.43. The number of carbonyl (C=O) groups excluding carboxylic acids is 1. The lowest BCUT2D eigenvalue weighted by Crippen LogP contribution is -2.07. The molecule has 0 aliphatic heterocycles. The summed E-state index contributed by atoms with van der Waals surface area (Å²) < 4.78 is 4.97. The van der Waals surface area contributed by atoms with E-state index in [-0.39, 0.29) is 5.97 Å². The van der Waals surface area contributed by atoms with Gasteiger partial charge in [0.05, 0.1) is 6.61 Å². The Kier molecular flexibility index (Phi) is 10.2. The number of ether oxygens (including phenoxy) is 1. The summed E-state index contributed by atoms with van der Waals surface area (Å²) in [6.07, 6.45) is 10.4. The van der Waals surface area contributed by atoms with Crippen LogP contribution in [0.2, 0.25) is 0 Å². The van der Waals surface area contributed by atoms with Crippen molar-refractivity contribution < 1.29 is 9.53 Å². The van der Waals surface area contributed by atoms with E-state index >= 15 is 0 Å². The molecule has 0 bridgehead atoms. The Bertz CT molecular complexity index is 187. The summed E-state index contributed by atoms with van der Waals surface area (Å²) in [5.74, 6) is 0.545. The summed E-state index contributed by atoms with van der Waals surface area (Å²) in [4.78, 5) is 10.6. The molecule has 0 aromatic carbocycles. The molecular formula is C14H26O2. The van der Waals surface area contributed by atoms with Crippen molar-refractivity contribution in [3.05, 3.63) is 12.7 Å². The molecule has 0 spiro atoms. The fourth-order valence-corrected chi connectivity index (χ4v) is 1.82. The molecule has 0 amide bonds. The molecule has 0 aliphatic carbocycles. The van der Waals surface area contributed by atoms with E-state index in [2.05, 4.69) is 13.5 Å². The number of hydrogen-bond donors (Lipinski definition) is 0. The van der Waals surface area contributed by atoms with Gasteiger partial charge in [-0.3, -0.25) is 4.79 Å². The first-order chi connectivity index (χ1) is 7.70. The van der Waals surface area contributed by atoms with E-state index in [1.165, 1.54) is 39.0 Å². The van der Waals surface area contributed by atoms with E-state index < -0.39 is 0 Å². The Morgan fingerprint density at radius 2 is 2.06 bits per heavy atom. The van der Waals surface area contributed by atoms with Gasteiger partial charge >= 0.3 is 5.97 Å². The van der Waals surface area contributed by atoms with Gasteiger partial charge in [0.25, 0.3) is 0 Å². The zero-order valence-electron chi connectivity index (χ0n) is 10.8. The number of rotatable bonds is 10. The van der Waals surface area contributed by atoms with Gasteiger partial charge in [-0.25, -0.2) is 0 Å². The molecule has 0 rings (SSSR count). The highest BCUT2D eigenvalue weighted by atomic mass is 16.5. The predicted octanol–water partition coefficient (Wildman–Crippen LogP) is 4.10. The number of allylic oxidation sites excluding steroid dienone is 1. The lowest BCUT2D eigenvalue weighted by molar-refractivity contribution is -0.141. The molecule has 2 nitrogen and oxygen atoms in total. The van der Waals surface area contributed by atoms with Crippen molar-refractivity contribution in [2.75, 3.05) is 6.61 Å². The van der Waals surface area contributed by atoms with E-state index in [9.17, 15) is 4.79 Å². The summed E-state index contributed by atoms with van der Waals surface area (Å²) in [6, 6.07) is 0. The van der Waals surface area contributed by atoms with E-state index in [4.69, 9.17) is 4.74 Å². The molecule has 0 saturated heterocycles. The second-order valence-corrected chi connectivity index (χ2v) is 4.33. The minimum atomic E-state index is -0.166. The lowest BCUT2D eigenvalue weighted by Gasteiger charge is -2.14. The van der Waals surface area contributed by atoms with E-state index in [1.807, 2.05) is 6.08 Å². The van der Waals surface area contributed by atoms with E-state index in [1.54, 1.807) is 0 Å². The van der Waals surface area contributed by atoms with Gasteiger partial charge in [-0.1, -0.05) is 38.7 Å². The van der Waals surface area contributed by atoms with Crippen LogP contribution >= 0.6 is 0 Å². The molecule has 1 unspecified atom stereocenters. The maximum atomic E-state index is 10.6. The maximum Gasteiger partial charge on any atom is 0.302 e. The fraction of sp³-hybridized carbons (Fsp3) is 0.786. The predicted molar refractivity (Wildman–Crippen MR) is 68.3 cm³/mol. The molecule has 0 radical (unpaired) electrons. The van der Waals surface area contributed by atoms with Gasteiger partial charge in [0.15, 0.2) is 0 Å². The van der Waals surface area contributed by atoms with Crippen LogP contribution < -0.4 is 0 Å². The highest BCUT2D eigenvalue weighted by molar-refractivity contribution is 5.65. The molecule has 16 heavy (non-hydrogen) atoms. The fourth-order valence-electron chi connectivity index (χ4n) is 1.82. The second kappa shape index (κ2) is 10.7. The summed E-state index contributed by atoms with van der Waals surface area (Å²) in [6.45, 7) is 7.98. The largest absolute Gasteiger partial charge is 0.466 e. The minimum absolute atomic E-state index is 0.166. The van der Waals surface area contributed by atoms with Crippen LogP contribution in [0.1, 0.15) is 58.8 Å². The smallest absolute Gasteiger partial charge is 0.302 e. The third-order valence-electron chi connectivity index (χ3n) is 2.93. The summed E-state index contributed by atoms with van der Waals surface area (Å²) in [5, 5.41) is 0. The van der Waals surface area contributed by atoms with Crippen LogP contribution in [0.25, 0.3) is 0 Å². The average molecular weight is 226 g/mol. The van der Waals surface area contributed by atoms with E-state index in [0.717, 1.165) is 12.8 Å². The Hall–Kier alpha value is -0.790. The zero-order chi connectivity index (χ0) is 12.2. The molecule has 0 aromatic heterocycles. The highest BCUT2D eigenvalue weighted by Crippen LogP contribution is 2.17. The molecule has 0 heterocycles. The van der Waals surface area contributed by atoms with E-state index in [0.29, 0.717) is 12.5 Å². The molecule has 94 valence electrons. The summed E-state index contributed by atoms with van der Waals surface area (Å²) >= 11 is 0. The van der Waals surface area contributed by atoms with Crippen LogP contribution in [0, 0.1) is 5.92 Å². The van der Waals surface area contributed by atoms with Crippen LogP contribution in [0.3, 0.4) is 0 Å². The normalized spacial score (nSPS) is 12.1. The van der Waals surface area contributed by atoms with Gasteiger partial charge in [-0.15, -0.1) is 6.58 Å². The topological polar surface area (TPSA) is 26.3 Å². The van der Waals surface area contributed by atoms with Crippen molar-refractivity contribution in [1.29, 1.82) is 0 Å². The maximum absolute atomic E-state index is 10.6.